The van der Waals surface area contributed by atoms with Crippen LogP contribution in [0, 0.1) is 0 Å². The van der Waals surface area contributed by atoms with Crippen LogP contribution in [-0.2, 0) is 13.0 Å². The monoisotopic (exact) mass is 271 g/mol. The van der Waals surface area contributed by atoms with E-state index in [1.165, 1.54) is 0 Å². The molecular formula is C15H21N5. The Kier molecular flexibility index (Phi) is 5.29. The summed E-state index contributed by atoms with van der Waals surface area (Å²) in [5, 5.41) is 6.72. The lowest BCUT2D eigenvalue weighted by atomic mass is 10.2. The molecule has 2 aromatic heterocycles. The SMILES string of the molecule is CCCNc1ncnc(NCc2cccnc2)c1CC. The van der Waals surface area contributed by atoms with Gasteiger partial charge in [0.2, 0.25) is 0 Å². The van der Waals surface area contributed by atoms with E-state index in [0.717, 1.165) is 42.1 Å². The first-order chi connectivity index (χ1) is 9.85. The van der Waals surface area contributed by atoms with E-state index >= 15 is 0 Å². The van der Waals surface area contributed by atoms with Gasteiger partial charge in [-0.3, -0.25) is 4.98 Å². The normalized spacial score (nSPS) is 10.3. The van der Waals surface area contributed by atoms with Crippen molar-refractivity contribution in [3.8, 4) is 0 Å². The number of hydrogen-bond donors (Lipinski definition) is 2. The average Bonchev–Trinajstić information content (AvgIpc) is 2.51. The fourth-order valence-corrected chi connectivity index (χ4v) is 1.98. The second kappa shape index (κ2) is 7.43. The minimum Gasteiger partial charge on any atom is -0.370 e. The molecular weight excluding hydrogens is 250 g/mol. The maximum Gasteiger partial charge on any atom is 0.134 e. The Bertz CT molecular complexity index is 527. The Morgan fingerprint density at radius 1 is 1.10 bits per heavy atom. The van der Waals surface area contributed by atoms with Crippen molar-refractivity contribution in [2.24, 2.45) is 0 Å². The van der Waals surface area contributed by atoms with Crippen LogP contribution in [-0.4, -0.2) is 21.5 Å². The summed E-state index contributed by atoms with van der Waals surface area (Å²) in [4.78, 5) is 12.8. The molecule has 0 bridgehead atoms. The van der Waals surface area contributed by atoms with Crippen molar-refractivity contribution < 1.29 is 0 Å². The number of pyridine rings is 1. The molecule has 0 amide bonds. The number of anilines is 2. The zero-order chi connectivity index (χ0) is 14.2. The molecule has 0 aliphatic rings. The summed E-state index contributed by atoms with van der Waals surface area (Å²) >= 11 is 0. The highest BCUT2D eigenvalue weighted by atomic mass is 15.1. The average molecular weight is 271 g/mol. The van der Waals surface area contributed by atoms with Gasteiger partial charge >= 0.3 is 0 Å². The molecule has 0 spiro atoms. The van der Waals surface area contributed by atoms with Gasteiger partial charge in [-0.15, -0.1) is 0 Å². The number of nitrogens with zero attached hydrogens (tertiary/aromatic N) is 3. The first kappa shape index (κ1) is 14.2. The summed E-state index contributed by atoms with van der Waals surface area (Å²) in [5.74, 6) is 1.82. The second-order valence-electron chi connectivity index (χ2n) is 4.54. The van der Waals surface area contributed by atoms with Gasteiger partial charge < -0.3 is 10.6 Å². The zero-order valence-electron chi connectivity index (χ0n) is 12.1. The van der Waals surface area contributed by atoms with E-state index in [9.17, 15) is 0 Å². The van der Waals surface area contributed by atoms with Crippen LogP contribution in [0.25, 0.3) is 0 Å². The van der Waals surface area contributed by atoms with Crippen LogP contribution in [0.15, 0.2) is 30.9 Å². The maximum atomic E-state index is 4.35. The Morgan fingerprint density at radius 2 is 1.90 bits per heavy atom. The topological polar surface area (TPSA) is 62.7 Å². The summed E-state index contributed by atoms with van der Waals surface area (Å²) < 4.78 is 0. The van der Waals surface area contributed by atoms with E-state index < -0.39 is 0 Å². The van der Waals surface area contributed by atoms with Crippen molar-refractivity contribution in [3.05, 3.63) is 42.0 Å². The Balaban J connectivity index is 2.10. The molecule has 0 aliphatic carbocycles. The lowest BCUT2D eigenvalue weighted by molar-refractivity contribution is 0.943. The van der Waals surface area contributed by atoms with Gasteiger partial charge in [0.1, 0.15) is 18.0 Å². The number of rotatable bonds is 7. The molecule has 0 saturated carbocycles. The molecule has 5 heteroatoms. The molecule has 0 radical (unpaired) electrons. The predicted molar refractivity (Wildman–Crippen MR) is 81.8 cm³/mol. The third-order valence-electron chi connectivity index (χ3n) is 3.02. The highest BCUT2D eigenvalue weighted by Crippen LogP contribution is 2.20. The van der Waals surface area contributed by atoms with Crippen molar-refractivity contribution in [3.63, 3.8) is 0 Å². The van der Waals surface area contributed by atoms with Gasteiger partial charge in [-0.1, -0.05) is 19.9 Å². The standard InChI is InChI=1S/C15H21N5/c1-3-7-17-14-13(4-2)15(20-11-19-14)18-10-12-6-5-8-16-9-12/h5-6,8-9,11H,3-4,7,10H2,1-2H3,(H2,17,18,19,20). The predicted octanol–water partition coefficient (Wildman–Crippen LogP) is 2.87. The second-order valence-corrected chi connectivity index (χ2v) is 4.54. The van der Waals surface area contributed by atoms with Gasteiger partial charge in [0.15, 0.2) is 0 Å². The van der Waals surface area contributed by atoms with E-state index in [-0.39, 0.29) is 0 Å². The van der Waals surface area contributed by atoms with Crippen LogP contribution in [0.2, 0.25) is 0 Å². The van der Waals surface area contributed by atoms with Gasteiger partial charge in [0.05, 0.1) is 0 Å². The highest BCUT2D eigenvalue weighted by Gasteiger charge is 2.08. The lowest BCUT2D eigenvalue weighted by Crippen LogP contribution is -2.10. The van der Waals surface area contributed by atoms with E-state index in [1.807, 2.05) is 18.3 Å². The smallest absolute Gasteiger partial charge is 0.134 e. The number of aromatic nitrogens is 3. The van der Waals surface area contributed by atoms with Crippen LogP contribution in [0.3, 0.4) is 0 Å². The molecule has 0 unspecified atom stereocenters. The van der Waals surface area contributed by atoms with Gasteiger partial charge in [-0.25, -0.2) is 9.97 Å². The quantitative estimate of drug-likeness (QED) is 0.810. The molecule has 2 aromatic rings. The molecule has 0 aliphatic heterocycles. The van der Waals surface area contributed by atoms with Crippen molar-refractivity contribution in [1.82, 2.24) is 15.0 Å². The van der Waals surface area contributed by atoms with Gasteiger partial charge in [-0.2, -0.15) is 0 Å². The molecule has 5 nitrogen and oxygen atoms in total. The Morgan fingerprint density at radius 3 is 2.55 bits per heavy atom. The first-order valence-corrected chi connectivity index (χ1v) is 7.05. The van der Waals surface area contributed by atoms with Crippen LogP contribution in [0.4, 0.5) is 11.6 Å². The minimum absolute atomic E-state index is 0.713. The summed E-state index contributed by atoms with van der Waals surface area (Å²) in [7, 11) is 0. The fraction of sp³-hybridized carbons (Fsp3) is 0.400. The van der Waals surface area contributed by atoms with Crippen molar-refractivity contribution >= 4 is 11.6 Å². The van der Waals surface area contributed by atoms with Gasteiger partial charge in [0.25, 0.3) is 0 Å². The van der Waals surface area contributed by atoms with E-state index in [0.29, 0.717) is 6.54 Å². The summed E-state index contributed by atoms with van der Waals surface area (Å²) in [5.41, 5.74) is 2.26. The van der Waals surface area contributed by atoms with Crippen molar-refractivity contribution in [2.45, 2.75) is 33.2 Å². The number of hydrogen-bond acceptors (Lipinski definition) is 5. The summed E-state index contributed by atoms with van der Waals surface area (Å²) in [6, 6.07) is 3.98. The van der Waals surface area contributed by atoms with E-state index in [1.54, 1.807) is 12.5 Å². The molecule has 0 aromatic carbocycles. The minimum atomic E-state index is 0.713. The van der Waals surface area contributed by atoms with E-state index in [4.69, 9.17) is 0 Å². The summed E-state index contributed by atoms with van der Waals surface area (Å²) in [6.45, 7) is 5.89. The molecule has 2 heterocycles. The zero-order valence-corrected chi connectivity index (χ0v) is 12.1. The van der Waals surface area contributed by atoms with E-state index in [2.05, 4.69) is 39.4 Å². The lowest BCUT2D eigenvalue weighted by Gasteiger charge is -2.14. The molecule has 2 N–H and O–H groups in total. The highest BCUT2D eigenvalue weighted by molar-refractivity contribution is 5.57. The van der Waals surface area contributed by atoms with Crippen molar-refractivity contribution in [2.75, 3.05) is 17.2 Å². The van der Waals surface area contributed by atoms with Gasteiger partial charge in [0, 0.05) is 31.0 Å². The third-order valence-corrected chi connectivity index (χ3v) is 3.02. The Labute approximate surface area is 119 Å². The van der Waals surface area contributed by atoms with Crippen LogP contribution < -0.4 is 10.6 Å². The molecule has 106 valence electrons. The van der Waals surface area contributed by atoms with Crippen LogP contribution in [0.5, 0.6) is 0 Å². The number of nitrogens with one attached hydrogen (secondary N) is 2. The molecule has 20 heavy (non-hydrogen) atoms. The molecule has 0 saturated heterocycles. The Hall–Kier alpha value is -2.17. The van der Waals surface area contributed by atoms with Gasteiger partial charge in [-0.05, 0) is 24.5 Å². The first-order valence-electron chi connectivity index (χ1n) is 7.05. The van der Waals surface area contributed by atoms with Crippen LogP contribution in [0.1, 0.15) is 31.4 Å². The fourth-order valence-electron chi connectivity index (χ4n) is 1.98. The molecule has 2 rings (SSSR count). The maximum absolute atomic E-state index is 4.35. The molecule has 0 fully saturated rings. The molecule has 0 atom stereocenters. The van der Waals surface area contributed by atoms with Crippen LogP contribution >= 0.6 is 0 Å². The third kappa shape index (κ3) is 3.66. The largest absolute Gasteiger partial charge is 0.370 e. The van der Waals surface area contributed by atoms with Crippen molar-refractivity contribution in [1.29, 1.82) is 0 Å². The summed E-state index contributed by atoms with van der Waals surface area (Å²) in [6.07, 6.45) is 7.20.